The van der Waals surface area contributed by atoms with Crippen LogP contribution in [0.1, 0.15) is 29.7 Å². The first kappa shape index (κ1) is 19.7. The van der Waals surface area contributed by atoms with Crippen LogP contribution in [-0.4, -0.2) is 22.2 Å². The Kier molecular flexibility index (Phi) is 5.43. The molecule has 29 heavy (non-hydrogen) atoms. The summed E-state index contributed by atoms with van der Waals surface area (Å²) in [6, 6.07) is 6.52. The van der Waals surface area contributed by atoms with Crippen LogP contribution in [0.15, 0.2) is 36.5 Å². The standard InChI is InChI=1S/C22H21F3N2O2/c1-12-4-17-18(9-26-12)13(11-28)5-20(24)19(17)10-27-15-7-16(8-15)29-22-3-2-14(23)6-21(22)25/h2-6,9,15-16,27-28H,7-8,10-11H2,1H3. The molecule has 0 radical (unpaired) electrons. The molecule has 1 heterocycles. The van der Waals surface area contributed by atoms with Gasteiger partial charge < -0.3 is 15.2 Å². The van der Waals surface area contributed by atoms with E-state index in [-0.39, 0.29) is 30.3 Å². The molecule has 0 bridgehead atoms. The van der Waals surface area contributed by atoms with Gasteiger partial charge in [-0.3, -0.25) is 4.98 Å². The van der Waals surface area contributed by atoms with E-state index < -0.39 is 11.6 Å². The van der Waals surface area contributed by atoms with Crippen molar-refractivity contribution in [2.45, 2.75) is 45.1 Å². The quantitative estimate of drug-likeness (QED) is 0.650. The van der Waals surface area contributed by atoms with Crippen LogP contribution in [0.5, 0.6) is 5.75 Å². The Labute approximate surface area is 166 Å². The molecule has 1 aliphatic carbocycles. The fourth-order valence-corrected chi connectivity index (χ4v) is 3.65. The third kappa shape index (κ3) is 4.06. The molecule has 0 saturated heterocycles. The maximum Gasteiger partial charge on any atom is 0.167 e. The summed E-state index contributed by atoms with van der Waals surface area (Å²) in [6.45, 7) is 1.90. The molecule has 1 fully saturated rings. The summed E-state index contributed by atoms with van der Waals surface area (Å²) < 4.78 is 46.9. The van der Waals surface area contributed by atoms with Crippen molar-refractivity contribution in [2.24, 2.45) is 0 Å². The molecule has 0 aliphatic heterocycles. The Hall–Kier alpha value is -2.64. The van der Waals surface area contributed by atoms with E-state index in [9.17, 15) is 18.3 Å². The minimum absolute atomic E-state index is 0.0365. The summed E-state index contributed by atoms with van der Waals surface area (Å²) in [6.07, 6.45) is 2.78. The van der Waals surface area contributed by atoms with Gasteiger partial charge in [-0.05, 0) is 55.0 Å². The van der Waals surface area contributed by atoms with Crippen molar-refractivity contribution in [2.75, 3.05) is 0 Å². The Bertz CT molecular complexity index is 1050. The van der Waals surface area contributed by atoms with Gasteiger partial charge in [-0.25, -0.2) is 13.2 Å². The normalized spacial score (nSPS) is 18.7. The SMILES string of the molecule is Cc1cc2c(CNC3CC(Oc4ccc(F)cc4F)C3)c(F)cc(CO)c2cn1. The minimum Gasteiger partial charge on any atom is -0.487 e. The van der Waals surface area contributed by atoms with Gasteiger partial charge in [-0.2, -0.15) is 0 Å². The van der Waals surface area contributed by atoms with Gasteiger partial charge in [-0.1, -0.05) is 0 Å². The lowest BCUT2D eigenvalue weighted by atomic mass is 9.88. The summed E-state index contributed by atoms with van der Waals surface area (Å²) in [5.74, 6) is -1.70. The Morgan fingerprint density at radius 2 is 1.90 bits per heavy atom. The van der Waals surface area contributed by atoms with Crippen LogP contribution in [-0.2, 0) is 13.2 Å². The van der Waals surface area contributed by atoms with Gasteiger partial charge in [0.05, 0.1) is 6.61 Å². The molecule has 2 N–H and O–H groups in total. The molecule has 1 saturated carbocycles. The molecule has 0 unspecified atom stereocenters. The molecule has 4 rings (SSSR count). The number of hydrogen-bond donors (Lipinski definition) is 2. The van der Waals surface area contributed by atoms with Crippen LogP contribution >= 0.6 is 0 Å². The summed E-state index contributed by atoms with van der Waals surface area (Å²) in [7, 11) is 0. The molecule has 1 aromatic heterocycles. The lowest BCUT2D eigenvalue weighted by Gasteiger charge is -2.36. The van der Waals surface area contributed by atoms with Gasteiger partial charge in [-0.15, -0.1) is 0 Å². The van der Waals surface area contributed by atoms with Crippen LogP contribution in [0.2, 0.25) is 0 Å². The van der Waals surface area contributed by atoms with E-state index in [1.54, 1.807) is 6.20 Å². The second-order valence-electron chi connectivity index (χ2n) is 7.39. The average molecular weight is 402 g/mol. The largest absolute Gasteiger partial charge is 0.487 e. The number of rotatable bonds is 6. The van der Waals surface area contributed by atoms with E-state index in [2.05, 4.69) is 10.3 Å². The number of aliphatic hydroxyl groups excluding tert-OH is 1. The number of aryl methyl sites for hydroxylation is 1. The molecule has 4 nitrogen and oxygen atoms in total. The van der Waals surface area contributed by atoms with Crippen molar-refractivity contribution in [3.05, 3.63) is 70.8 Å². The highest BCUT2D eigenvalue weighted by molar-refractivity contribution is 5.88. The molecule has 152 valence electrons. The first-order valence-corrected chi connectivity index (χ1v) is 9.47. The van der Waals surface area contributed by atoms with Gasteiger partial charge in [0, 0.05) is 41.5 Å². The van der Waals surface area contributed by atoms with Crippen LogP contribution in [0.4, 0.5) is 13.2 Å². The molecule has 0 atom stereocenters. The molecular weight excluding hydrogens is 381 g/mol. The number of fused-ring (bicyclic) bond motifs is 1. The van der Waals surface area contributed by atoms with Gasteiger partial charge in [0.25, 0.3) is 0 Å². The highest BCUT2D eigenvalue weighted by Gasteiger charge is 2.31. The van der Waals surface area contributed by atoms with Crippen molar-refractivity contribution in [3.8, 4) is 5.75 Å². The third-order valence-electron chi connectivity index (χ3n) is 5.32. The van der Waals surface area contributed by atoms with Crippen molar-refractivity contribution in [1.29, 1.82) is 0 Å². The number of ether oxygens (including phenoxy) is 1. The predicted octanol–water partition coefficient (Wildman–Crippen LogP) is 4.15. The number of halogens is 3. The van der Waals surface area contributed by atoms with Crippen molar-refractivity contribution >= 4 is 10.8 Å². The maximum atomic E-state index is 14.6. The lowest BCUT2D eigenvalue weighted by Crippen LogP contribution is -2.46. The first-order valence-electron chi connectivity index (χ1n) is 9.47. The zero-order valence-electron chi connectivity index (χ0n) is 15.9. The van der Waals surface area contributed by atoms with Crippen molar-refractivity contribution < 1.29 is 23.0 Å². The zero-order valence-corrected chi connectivity index (χ0v) is 15.9. The molecule has 0 spiro atoms. The van der Waals surface area contributed by atoms with Crippen LogP contribution in [0.3, 0.4) is 0 Å². The number of aliphatic hydroxyl groups is 1. The molecular formula is C22H21F3N2O2. The smallest absolute Gasteiger partial charge is 0.167 e. The summed E-state index contributed by atoms with van der Waals surface area (Å²) >= 11 is 0. The van der Waals surface area contributed by atoms with E-state index >= 15 is 0 Å². The second-order valence-corrected chi connectivity index (χ2v) is 7.39. The zero-order chi connectivity index (χ0) is 20.5. The van der Waals surface area contributed by atoms with Crippen molar-refractivity contribution in [1.82, 2.24) is 10.3 Å². The summed E-state index contributed by atoms with van der Waals surface area (Å²) in [5.41, 5.74) is 1.80. The fraction of sp³-hybridized carbons (Fsp3) is 0.318. The first-order chi connectivity index (χ1) is 13.9. The number of pyridine rings is 1. The number of hydrogen-bond acceptors (Lipinski definition) is 4. The number of nitrogens with zero attached hydrogens (tertiary/aromatic N) is 1. The molecule has 3 aromatic rings. The second kappa shape index (κ2) is 8.00. The van der Waals surface area contributed by atoms with E-state index in [0.29, 0.717) is 30.5 Å². The highest BCUT2D eigenvalue weighted by Crippen LogP contribution is 2.30. The van der Waals surface area contributed by atoms with Crippen LogP contribution in [0.25, 0.3) is 10.8 Å². The summed E-state index contributed by atoms with van der Waals surface area (Å²) in [5, 5.41) is 14.3. The van der Waals surface area contributed by atoms with E-state index in [1.807, 2.05) is 13.0 Å². The Balaban J connectivity index is 1.41. The van der Waals surface area contributed by atoms with E-state index in [4.69, 9.17) is 4.74 Å². The van der Waals surface area contributed by atoms with Gasteiger partial charge in [0.2, 0.25) is 0 Å². The highest BCUT2D eigenvalue weighted by atomic mass is 19.1. The van der Waals surface area contributed by atoms with Crippen LogP contribution < -0.4 is 10.1 Å². The Morgan fingerprint density at radius 3 is 2.62 bits per heavy atom. The molecule has 1 aliphatic rings. The topological polar surface area (TPSA) is 54.4 Å². The van der Waals surface area contributed by atoms with E-state index in [0.717, 1.165) is 28.6 Å². The van der Waals surface area contributed by atoms with Gasteiger partial charge >= 0.3 is 0 Å². The van der Waals surface area contributed by atoms with Gasteiger partial charge in [0.15, 0.2) is 11.6 Å². The number of nitrogens with one attached hydrogen (secondary N) is 1. The maximum absolute atomic E-state index is 14.6. The molecule has 0 amide bonds. The van der Waals surface area contributed by atoms with E-state index in [1.165, 1.54) is 12.1 Å². The van der Waals surface area contributed by atoms with Crippen molar-refractivity contribution in [3.63, 3.8) is 0 Å². The minimum atomic E-state index is -0.720. The lowest BCUT2D eigenvalue weighted by molar-refractivity contribution is 0.0801. The molecule has 2 aromatic carbocycles. The number of benzene rings is 2. The monoisotopic (exact) mass is 402 g/mol. The molecule has 7 heteroatoms. The summed E-state index contributed by atoms with van der Waals surface area (Å²) in [4.78, 5) is 4.25. The third-order valence-corrected chi connectivity index (χ3v) is 5.32. The van der Waals surface area contributed by atoms with Gasteiger partial charge in [0.1, 0.15) is 17.7 Å². The predicted molar refractivity (Wildman–Crippen MR) is 103 cm³/mol. The van der Waals surface area contributed by atoms with Crippen LogP contribution in [0, 0.1) is 24.4 Å². The fourth-order valence-electron chi connectivity index (χ4n) is 3.65. The average Bonchev–Trinajstić information content (AvgIpc) is 2.65. The number of aromatic nitrogens is 1. The Morgan fingerprint density at radius 1 is 1.10 bits per heavy atom.